The van der Waals surface area contributed by atoms with Crippen LogP contribution in [0.15, 0.2) is 18.2 Å². The van der Waals surface area contributed by atoms with Crippen LogP contribution in [0.5, 0.6) is 0 Å². The van der Waals surface area contributed by atoms with Gasteiger partial charge in [0.25, 0.3) is 0 Å². The van der Waals surface area contributed by atoms with Gasteiger partial charge in [0, 0.05) is 30.7 Å². The van der Waals surface area contributed by atoms with Crippen LogP contribution < -0.4 is 5.32 Å². The SMILES string of the molecule is CC(C)NCC1CCCCN1Cc1cccc(F)c1F. The molecule has 0 radical (unpaired) electrons. The lowest BCUT2D eigenvalue weighted by Crippen LogP contribution is -2.46. The van der Waals surface area contributed by atoms with Gasteiger partial charge in [0.15, 0.2) is 11.6 Å². The van der Waals surface area contributed by atoms with E-state index >= 15 is 0 Å². The second-order valence-corrected chi connectivity index (χ2v) is 5.90. The summed E-state index contributed by atoms with van der Waals surface area (Å²) in [5.74, 6) is -1.45. The van der Waals surface area contributed by atoms with E-state index in [-0.39, 0.29) is 0 Å². The van der Waals surface area contributed by atoms with Gasteiger partial charge in [-0.1, -0.05) is 32.4 Å². The summed E-state index contributed by atoms with van der Waals surface area (Å²) in [6, 6.07) is 5.30. The summed E-state index contributed by atoms with van der Waals surface area (Å²) in [5.41, 5.74) is 0.460. The lowest BCUT2D eigenvalue weighted by Gasteiger charge is -2.36. The van der Waals surface area contributed by atoms with Gasteiger partial charge in [-0.25, -0.2) is 8.78 Å². The predicted octanol–water partition coefficient (Wildman–Crippen LogP) is 3.32. The third-order valence-corrected chi connectivity index (χ3v) is 3.92. The Morgan fingerprint density at radius 1 is 1.30 bits per heavy atom. The molecule has 1 saturated heterocycles. The van der Waals surface area contributed by atoms with Crippen molar-refractivity contribution in [3.05, 3.63) is 35.4 Å². The maximum atomic E-state index is 13.8. The lowest BCUT2D eigenvalue weighted by atomic mass is 10.0. The first-order valence-electron chi connectivity index (χ1n) is 7.48. The molecule has 0 aliphatic carbocycles. The maximum Gasteiger partial charge on any atom is 0.163 e. The highest BCUT2D eigenvalue weighted by Gasteiger charge is 2.23. The number of hydrogen-bond donors (Lipinski definition) is 1. The first kappa shape index (κ1) is 15.4. The molecule has 0 spiro atoms. The molecule has 1 fully saturated rings. The Labute approximate surface area is 120 Å². The second-order valence-electron chi connectivity index (χ2n) is 5.90. The Morgan fingerprint density at radius 2 is 2.10 bits per heavy atom. The molecular weight excluding hydrogens is 258 g/mol. The number of rotatable bonds is 5. The number of benzene rings is 1. The Kier molecular flexibility index (Phi) is 5.49. The van der Waals surface area contributed by atoms with Crippen molar-refractivity contribution in [3.63, 3.8) is 0 Å². The van der Waals surface area contributed by atoms with Crippen LogP contribution in [0, 0.1) is 11.6 Å². The minimum absolute atomic E-state index is 0.411. The molecule has 1 atom stereocenters. The van der Waals surface area contributed by atoms with Crippen LogP contribution in [-0.4, -0.2) is 30.1 Å². The third kappa shape index (κ3) is 4.00. The van der Waals surface area contributed by atoms with E-state index in [1.165, 1.54) is 12.5 Å². The molecule has 2 rings (SSSR count). The quantitative estimate of drug-likeness (QED) is 0.891. The molecule has 0 bridgehead atoms. The van der Waals surface area contributed by atoms with Crippen LogP contribution in [0.1, 0.15) is 38.7 Å². The van der Waals surface area contributed by atoms with Crippen molar-refractivity contribution in [1.29, 1.82) is 0 Å². The second kappa shape index (κ2) is 7.14. The van der Waals surface area contributed by atoms with E-state index in [1.54, 1.807) is 12.1 Å². The van der Waals surface area contributed by atoms with Crippen molar-refractivity contribution in [2.75, 3.05) is 13.1 Å². The average Bonchev–Trinajstić information content (AvgIpc) is 2.43. The molecule has 20 heavy (non-hydrogen) atoms. The molecule has 0 saturated carbocycles. The van der Waals surface area contributed by atoms with Gasteiger partial charge in [-0.3, -0.25) is 4.90 Å². The largest absolute Gasteiger partial charge is 0.313 e. The van der Waals surface area contributed by atoms with Gasteiger partial charge in [0.05, 0.1) is 0 Å². The van der Waals surface area contributed by atoms with E-state index in [0.717, 1.165) is 25.9 Å². The fourth-order valence-electron chi connectivity index (χ4n) is 2.76. The zero-order chi connectivity index (χ0) is 14.5. The topological polar surface area (TPSA) is 15.3 Å². The fourth-order valence-corrected chi connectivity index (χ4v) is 2.76. The molecular formula is C16H24F2N2. The monoisotopic (exact) mass is 282 g/mol. The Morgan fingerprint density at radius 3 is 2.85 bits per heavy atom. The third-order valence-electron chi connectivity index (χ3n) is 3.92. The van der Waals surface area contributed by atoms with Crippen molar-refractivity contribution < 1.29 is 8.78 Å². The van der Waals surface area contributed by atoms with Gasteiger partial charge in [-0.2, -0.15) is 0 Å². The van der Waals surface area contributed by atoms with Crippen LogP contribution in [0.25, 0.3) is 0 Å². The molecule has 1 aromatic carbocycles. The summed E-state index contributed by atoms with van der Waals surface area (Å²) in [6.45, 7) is 6.61. The summed E-state index contributed by atoms with van der Waals surface area (Å²) in [5, 5.41) is 3.45. The number of nitrogens with one attached hydrogen (secondary N) is 1. The van der Waals surface area contributed by atoms with Gasteiger partial charge in [-0.15, -0.1) is 0 Å². The van der Waals surface area contributed by atoms with Crippen molar-refractivity contribution in [3.8, 4) is 0 Å². The first-order valence-corrected chi connectivity index (χ1v) is 7.48. The normalized spacial score (nSPS) is 20.6. The molecule has 112 valence electrons. The van der Waals surface area contributed by atoms with E-state index in [4.69, 9.17) is 0 Å². The molecule has 4 heteroatoms. The smallest absolute Gasteiger partial charge is 0.163 e. The van der Waals surface area contributed by atoms with Gasteiger partial charge in [0.1, 0.15) is 0 Å². The van der Waals surface area contributed by atoms with E-state index < -0.39 is 11.6 Å². The van der Waals surface area contributed by atoms with Crippen molar-refractivity contribution in [1.82, 2.24) is 10.2 Å². The van der Waals surface area contributed by atoms with Crippen LogP contribution >= 0.6 is 0 Å². The van der Waals surface area contributed by atoms with E-state index in [0.29, 0.717) is 24.2 Å². The molecule has 1 aromatic rings. The van der Waals surface area contributed by atoms with Gasteiger partial charge >= 0.3 is 0 Å². The summed E-state index contributed by atoms with van der Waals surface area (Å²) in [6.07, 6.45) is 3.47. The molecule has 0 amide bonds. The Balaban J connectivity index is 2.02. The highest BCUT2D eigenvalue weighted by atomic mass is 19.2. The summed E-state index contributed by atoms with van der Waals surface area (Å²) < 4.78 is 27.1. The summed E-state index contributed by atoms with van der Waals surface area (Å²) in [7, 11) is 0. The Bertz CT molecular complexity index is 434. The molecule has 1 aliphatic heterocycles. The van der Waals surface area contributed by atoms with Gasteiger partial charge in [-0.05, 0) is 25.5 Å². The molecule has 2 nitrogen and oxygen atoms in total. The number of nitrogens with zero attached hydrogens (tertiary/aromatic N) is 1. The van der Waals surface area contributed by atoms with Crippen LogP contribution in [-0.2, 0) is 6.54 Å². The predicted molar refractivity (Wildman–Crippen MR) is 77.5 cm³/mol. The van der Waals surface area contributed by atoms with Crippen LogP contribution in [0.2, 0.25) is 0 Å². The summed E-state index contributed by atoms with van der Waals surface area (Å²) in [4.78, 5) is 2.27. The molecule has 1 N–H and O–H groups in total. The van der Waals surface area contributed by atoms with Crippen LogP contribution in [0.3, 0.4) is 0 Å². The van der Waals surface area contributed by atoms with Crippen molar-refractivity contribution >= 4 is 0 Å². The van der Waals surface area contributed by atoms with Crippen molar-refractivity contribution in [2.45, 2.75) is 51.7 Å². The van der Waals surface area contributed by atoms with E-state index in [1.807, 2.05) is 0 Å². The minimum Gasteiger partial charge on any atom is -0.313 e. The summed E-state index contributed by atoms with van der Waals surface area (Å²) >= 11 is 0. The highest BCUT2D eigenvalue weighted by molar-refractivity contribution is 5.19. The van der Waals surface area contributed by atoms with E-state index in [9.17, 15) is 8.78 Å². The first-order chi connectivity index (χ1) is 9.58. The number of hydrogen-bond acceptors (Lipinski definition) is 2. The standard InChI is InChI=1S/C16H24F2N2/c1-12(2)19-10-14-7-3-4-9-20(14)11-13-6-5-8-15(17)16(13)18/h5-6,8,12,14,19H,3-4,7,9-11H2,1-2H3. The highest BCUT2D eigenvalue weighted by Crippen LogP contribution is 2.21. The molecule has 1 unspecified atom stereocenters. The fraction of sp³-hybridized carbons (Fsp3) is 0.625. The number of piperidine rings is 1. The Hall–Kier alpha value is -1.00. The van der Waals surface area contributed by atoms with Crippen molar-refractivity contribution in [2.24, 2.45) is 0 Å². The average molecular weight is 282 g/mol. The zero-order valence-electron chi connectivity index (χ0n) is 12.3. The van der Waals surface area contributed by atoms with Gasteiger partial charge < -0.3 is 5.32 Å². The number of likely N-dealkylation sites (tertiary alicyclic amines) is 1. The lowest BCUT2D eigenvalue weighted by molar-refractivity contribution is 0.134. The zero-order valence-corrected chi connectivity index (χ0v) is 12.3. The molecule has 1 aliphatic rings. The minimum atomic E-state index is -0.753. The van der Waals surface area contributed by atoms with Crippen LogP contribution in [0.4, 0.5) is 8.78 Å². The molecule has 1 heterocycles. The number of halogens is 2. The maximum absolute atomic E-state index is 13.8. The molecule has 0 aromatic heterocycles. The van der Waals surface area contributed by atoms with E-state index in [2.05, 4.69) is 24.1 Å². The van der Waals surface area contributed by atoms with Gasteiger partial charge in [0.2, 0.25) is 0 Å².